The van der Waals surface area contributed by atoms with Gasteiger partial charge in [-0.3, -0.25) is 9.69 Å². The molecule has 0 N–H and O–H groups in total. The molecular weight excluding hydrogens is 166 g/mol. The van der Waals surface area contributed by atoms with E-state index in [0.29, 0.717) is 6.54 Å². The van der Waals surface area contributed by atoms with Crippen LogP contribution in [-0.2, 0) is 9.53 Å². The highest BCUT2D eigenvalue weighted by molar-refractivity contribution is 5.81. The molecule has 0 radical (unpaired) electrons. The van der Waals surface area contributed by atoms with Crippen LogP contribution in [0, 0.1) is 0 Å². The Bertz CT molecular complexity index is 131. The number of methoxy groups -OCH3 is 1. The molecule has 0 spiro atoms. The molecule has 0 bridgehead atoms. The maximum absolute atomic E-state index is 11.2. The quantitative estimate of drug-likeness (QED) is 0.574. The van der Waals surface area contributed by atoms with Gasteiger partial charge in [-0.1, -0.05) is 13.8 Å². The Hall–Kier alpha value is -0.410. The van der Waals surface area contributed by atoms with Crippen molar-refractivity contribution in [1.29, 1.82) is 0 Å². The molecule has 3 heteroatoms. The fourth-order valence-electron chi connectivity index (χ4n) is 1.36. The van der Waals surface area contributed by atoms with Crippen molar-refractivity contribution in [3.8, 4) is 0 Å². The molecule has 0 atom stereocenters. The predicted octanol–water partition coefficient (Wildman–Crippen LogP) is 1.32. The van der Waals surface area contributed by atoms with Gasteiger partial charge in [-0.25, -0.2) is 0 Å². The summed E-state index contributed by atoms with van der Waals surface area (Å²) in [6, 6.07) is 0. The van der Waals surface area contributed by atoms with Crippen molar-refractivity contribution >= 4 is 5.78 Å². The lowest BCUT2D eigenvalue weighted by Crippen LogP contribution is -2.32. The van der Waals surface area contributed by atoms with Gasteiger partial charge in [0, 0.05) is 7.11 Å². The number of Topliss-reactive ketones (excluding diaryl/α,β-unsaturated/α-hetero) is 1. The molecule has 3 nitrogen and oxygen atoms in total. The second kappa shape index (κ2) is 8.20. The van der Waals surface area contributed by atoms with Crippen molar-refractivity contribution in [1.82, 2.24) is 4.90 Å². The first-order valence-corrected chi connectivity index (χ1v) is 4.97. The van der Waals surface area contributed by atoms with Gasteiger partial charge in [-0.2, -0.15) is 0 Å². The van der Waals surface area contributed by atoms with Gasteiger partial charge in [0.2, 0.25) is 0 Å². The molecule has 0 saturated carbocycles. The Morgan fingerprint density at radius 1 is 1.23 bits per heavy atom. The van der Waals surface area contributed by atoms with E-state index in [9.17, 15) is 4.79 Å². The van der Waals surface area contributed by atoms with E-state index in [0.717, 1.165) is 25.9 Å². The van der Waals surface area contributed by atoms with Crippen molar-refractivity contribution in [2.75, 3.05) is 33.4 Å². The lowest BCUT2D eigenvalue weighted by molar-refractivity contribution is -0.123. The summed E-state index contributed by atoms with van der Waals surface area (Å²) in [7, 11) is 1.56. The third-order valence-electron chi connectivity index (χ3n) is 1.78. The fraction of sp³-hybridized carbons (Fsp3) is 0.900. The van der Waals surface area contributed by atoms with Gasteiger partial charge >= 0.3 is 0 Å². The standard InChI is InChI=1S/C10H21NO2/c1-4-6-11(7-5-2)8-10(12)9-13-3/h4-9H2,1-3H3. The number of ether oxygens (including phenoxy) is 1. The highest BCUT2D eigenvalue weighted by atomic mass is 16.5. The minimum Gasteiger partial charge on any atom is -0.377 e. The van der Waals surface area contributed by atoms with Gasteiger partial charge in [0.05, 0.1) is 6.54 Å². The van der Waals surface area contributed by atoms with Gasteiger partial charge in [0.1, 0.15) is 6.61 Å². The maximum atomic E-state index is 11.2. The molecule has 0 saturated heterocycles. The van der Waals surface area contributed by atoms with Crippen LogP contribution in [0.5, 0.6) is 0 Å². The summed E-state index contributed by atoms with van der Waals surface area (Å²) in [5.41, 5.74) is 0. The Morgan fingerprint density at radius 2 is 1.77 bits per heavy atom. The molecule has 0 aliphatic rings. The SMILES string of the molecule is CCCN(CCC)CC(=O)COC. The van der Waals surface area contributed by atoms with Crippen LogP contribution >= 0.6 is 0 Å². The molecule has 0 rings (SSSR count). The van der Waals surface area contributed by atoms with Gasteiger partial charge in [-0.15, -0.1) is 0 Å². The van der Waals surface area contributed by atoms with Gasteiger partial charge in [-0.05, 0) is 25.9 Å². The van der Waals surface area contributed by atoms with E-state index >= 15 is 0 Å². The van der Waals surface area contributed by atoms with E-state index in [4.69, 9.17) is 4.74 Å². The zero-order valence-corrected chi connectivity index (χ0v) is 9.01. The molecule has 0 unspecified atom stereocenters. The number of nitrogens with zero attached hydrogens (tertiary/aromatic N) is 1. The highest BCUT2D eigenvalue weighted by Gasteiger charge is 2.08. The molecular formula is C10H21NO2. The molecule has 0 aliphatic carbocycles. The molecule has 0 aromatic heterocycles. The summed E-state index contributed by atoms with van der Waals surface area (Å²) < 4.78 is 4.78. The maximum Gasteiger partial charge on any atom is 0.172 e. The number of ketones is 1. The zero-order chi connectivity index (χ0) is 10.1. The Kier molecular flexibility index (Phi) is 7.94. The zero-order valence-electron chi connectivity index (χ0n) is 9.01. The van der Waals surface area contributed by atoms with Gasteiger partial charge < -0.3 is 4.74 Å². The van der Waals surface area contributed by atoms with E-state index in [1.807, 2.05) is 0 Å². The average Bonchev–Trinajstić information content (AvgIpc) is 2.05. The first kappa shape index (κ1) is 12.6. The average molecular weight is 187 g/mol. The molecule has 0 aromatic rings. The molecule has 0 fully saturated rings. The number of carbonyl (C=O) groups excluding carboxylic acids is 1. The summed E-state index contributed by atoms with van der Waals surface area (Å²) in [6.45, 7) is 7.04. The first-order valence-electron chi connectivity index (χ1n) is 4.97. The smallest absolute Gasteiger partial charge is 0.172 e. The predicted molar refractivity (Wildman–Crippen MR) is 53.9 cm³/mol. The van der Waals surface area contributed by atoms with Crippen molar-refractivity contribution in [3.05, 3.63) is 0 Å². The van der Waals surface area contributed by atoms with Crippen LogP contribution in [0.15, 0.2) is 0 Å². The second-order valence-electron chi connectivity index (χ2n) is 3.25. The second-order valence-corrected chi connectivity index (χ2v) is 3.25. The highest BCUT2D eigenvalue weighted by Crippen LogP contribution is 1.94. The van der Waals surface area contributed by atoms with E-state index in [1.54, 1.807) is 7.11 Å². The summed E-state index contributed by atoms with van der Waals surface area (Å²) in [5, 5.41) is 0. The fourth-order valence-corrected chi connectivity index (χ4v) is 1.36. The third-order valence-corrected chi connectivity index (χ3v) is 1.78. The van der Waals surface area contributed by atoms with E-state index in [-0.39, 0.29) is 12.4 Å². The van der Waals surface area contributed by atoms with E-state index in [2.05, 4.69) is 18.7 Å². The molecule has 78 valence electrons. The van der Waals surface area contributed by atoms with Crippen LogP contribution in [-0.4, -0.2) is 44.0 Å². The monoisotopic (exact) mass is 187 g/mol. The van der Waals surface area contributed by atoms with Crippen LogP contribution in [0.2, 0.25) is 0 Å². The lowest BCUT2D eigenvalue weighted by Gasteiger charge is -2.19. The minimum absolute atomic E-state index is 0.171. The number of carbonyl (C=O) groups is 1. The first-order chi connectivity index (χ1) is 6.24. The summed E-state index contributed by atoms with van der Waals surface area (Å²) >= 11 is 0. The number of rotatable bonds is 8. The summed E-state index contributed by atoms with van der Waals surface area (Å²) in [4.78, 5) is 13.4. The van der Waals surface area contributed by atoms with Crippen LogP contribution in [0.3, 0.4) is 0 Å². The summed E-state index contributed by atoms with van der Waals surface area (Å²) in [5.74, 6) is 0.171. The number of hydrogen-bond acceptors (Lipinski definition) is 3. The van der Waals surface area contributed by atoms with E-state index in [1.165, 1.54) is 0 Å². The molecule has 0 heterocycles. The van der Waals surface area contributed by atoms with Crippen LogP contribution < -0.4 is 0 Å². The number of hydrogen-bond donors (Lipinski definition) is 0. The van der Waals surface area contributed by atoms with Crippen molar-refractivity contribution in [3.63, 3.8) is 0 Å². The third kappa shape index (κ3) is 6.72. The van der Waals surface area contributed by atoms with Crippen molar-refractivity contribution in [2.45, 2.75) is 26.7 Å². The van der Waals surface area contributed by atoms with Gasteiger partial charge in [0.15, 0.2) is 5.78 Å². The lowest BCUT2D eigenvalue weighted by atomic mass is 10.3. The van der Waals surface area contributed by atoms with Gasteiger partial charge in [0.25, 0.3) is 0 Å². The van der Waals surface area contributed by atoms with Crippen LogP contribution in [0.25, 0.3) is 0 Å². The Labute approximate surface area is 81.1 Å². The van der Waals surface area contributed by atoms with Crippen LogP contribution in [0.1, 0.15) is 26.7 Å². The van der Waals surface area contributed by atoms with Crippen molar-refractivity contribution in [2.24, 2.45) is 0 Å². The van der Waals surface area contributed by atoms with Crippen LogP contribution in [0.4, 0.5) is 0 Å². The van der Waals surface area contributed by atoms with Crippen molar-refractivity contribution < 1.29 is 9.53 Å². The molecule has 13 heavy (non-hydrogen) atoms. The molecule has 0 aromatic carbocycles. The molecule has 0 aliphatic heterocycles. The summed E-state index contributed by atoms with van der Waals surface area (Å²) in [6.07, 6.45) is 2.19. The minimum atomic E-state index is 0.171. The normalized spacial score (nSPS) is 10.8. The van der Waals surface area contributed by atoms with E-state index < -0.39 is 0 Å². The largest absolute Gasteiger partial charge is 0.377 e. The molecule has 0 amide bonds. The Morgan fingerprint density at radius 3 is 2.15 bits per heavy atom. The topological polar surface area (TPSA) is 29.5 Å². The Balaban J connectivity index is 3.71.